The van der Waals surface area contributed by atoms with Crippen LogP contribution in [0.15, 0.2) is 28.3 Å². The summed E-state index contributed by atoms with van der Waals surface area (Å²) in [7, 11) is 1.56. The average molecular weight is 353 g/mol. The lowest BCUT2D eigenvalue weighted by molar-refractivity contribution is 0.00578. The topological polar surface area (TPSA) is 43.4 Å². The van der Waals surface area contributed by atoms with Gasteiger partial charge in [-0.25, -0.2) is 0 Å². The van der Waals surface area contributed by atoms with E-state index in [4.69, 9.17) is 9.31 Å². The van der Waals surface area contributed by atoms with Crippen LogP contribution in [-0.4, -0.2) is 36.9 Å². The van der Waals surface area contributed by atoms with Gasteiger partial charge in [-0.15, -0.1) is 0 Å². The predicted molar refractivity (Wildman–Crippen MR) is 89.9 cm³/mol. The van der Waals surface area contributed by atoms with Gasteiger partial charge in [0.1, 0.15) is 0 Å². The summed E-state index contributed by atoms with van der Waals surface area (Å²) >= 11 is 3.39. The highest BCUT2D eigenvalue weighted by Crippen LogP contribution is 2.38. The quantitative estimate of drug-likeness (QED) is 0.845. The van der Waals surface area contributed by atoms with Gasteiger partial charge in [0.15, 0.2) is 0 Å². The van der Waals surface area contributed by atoms with Crippen molar-refractivity contribution in [2.24, 2.45) is 0 Å². The molecule has 0 aromatic carbocycles. The van der Waals surface area contributed by atoms with Crippen LogP contribution >= 0.6 is 15.9 Å². The van der Waals surface area contributed by atoms with Crippen molar-refractivity contribution in [1.82, 2.24) is 10.3 Å². The molecule has 1 saturated heterocycles. The first-order valence-corrected chi connectivity index (χ1v) is 7.87. The Labute approximate surface area is 135 Å². The molecule has 114 valence electrons. The third kappa shape index (κ3) is 3.75. The fourth-order valence-corrected chi connectivity index (χ4v) is 2.30. The molecule has 0 bridgehead atoms. The maximum Gasteiger partial charge on any atom is 0.491 e. The van der Waals surface area contributed by atoms with Crippen molar-refractivity contribution >= 4 is 29.1 Å². The predicted octanol–water partition coefficient (Wildman–Crippen LogP) is 3.08. The largest absolute Gasteiger partial charge is 0.491 e. The minimum absolute atomic E-state index is 0.336. The Kier molecular flexibility index (Phi) is 4.93. The molecule has 4 nitrogen and oxygen atoms in total. The van der Waals surface area contributed by atoms with E-state index in [1.54, 1.807) is 6.20 Å². The van der Waals surface area contributed by atoms with Crippen LogP contribution in [0.5, 0.6) is 0 Å². The molecule has 1 aliphatic heterocycles. The Morgan fingerprint density at radius 3 is 2.38 bits per heavy atom. The molecule has 0 atom stereocenters. The molecule has 2 heterocycles. The van der Waals surface area contributed by atoms with Crippen LogP contribution in [0.25, 0.3) is 6.08 Å². The van der Waals surface area contributed by atoms with Gasteiger partial charge in [-0.1, -0.05) is 0 Å². The van der Waals surface area contributed by atoms with E-state index in [2.05, 4.69) is 53.9 Å². The molecular formula is C15H22BBrN2O2. The van der Waals surface area contributed by atoms with E-state index >= 15 is 0 Å². The molecule has 2 rings (SSSR count). The number of rotatable bonds is 4. The van der Waals surface area contributed by atoms with Crippen molar-refractivity contribution in [2.75, 3.05) is 13.6 Å². The van der Waals surface area contributed by atoms with Gasteiger partial charge in [0.25, 0.3) is 0 Å². The van der Waals surface area contributed by atoms with Crippen molar-refractivity contribution in [2.45, 2.75) is 38.9 Å². The van der Waals surface area contributed by atoms with E-state index < -0.39 is 0 Å². The van der Waals surface area contributed by atoms with Gasteiger partial charge in [0.05, 0.1) is 16.9 Å². The van der Waals surface area contributed by atoms with Crippen LogP contribution in [0.4, 0.5) is 0 Å². The van der Waals surface area contributed by atoms with E-state index in [0.717, 1.165) is 15.6 Å². The second-order valence-electron chi connectivity index (χ2n) is 6.24. The number of hydrogen-bond acceptors (Lipinski definition) is 4. The van der Waals surface area contributed by atoms with Crippen molar-refractivity contribution in [3.05, 3.63) is 34.0 Å². The molecular weight excluding hydrogens is 331 g/mol. The Morgan fingerprint density at radius 2 is 1.90 bits per heavy atom. The number of hydrogen-bond donors (Lipinski definition) is 1. The monoisotopic (exact) mass is 352 g/mol. The summed E-state index contributed by atoms with van der Waals surface area (Å²) < 4.78 is 13.2. The van der Waals surface area contributed by atoms with E-state index in [1.165, 1.54) is 0 Å². The number of aromatic nitrogens is 1. The van der Waals surface area contributed by atoms with Crippen LogP contribution in [-0.2, 0) is 9.31 Å². The molecule has 0 saturated carbocycles. The summed E-state index contributed by atoms with van der Waals surface area (Å²) in [5.74, 6) is 0. The summed E-state index contributed by atoms with van der Waals surface area (Å²) in [4.78, 5) is 4.38. The molecule has 0 unspecified atom stereocenters. The molecule has 6 heteroatoms. The van der Waals surface area contributed by atoms with Crippen molar-refractivity contribution < 1.29 is 9.31 Å². The van der Waals surface area contributed by atoms with Gasteiger partial charge in [-0.3, -0.25) is 4.98 Å². The lowest BCUT2D eigenvalue weighted by atomic mass is 9.77. The van der Waals surface area contributed by atoms with E-state index in [1.807, 2.05) is 25.3 Å². The maximum atomic E-state index is 6.11. The number of pyridine rings is 1. The Morgan fingerprint density at radius 1 is 1.29 bits per heavy atom. The number of nitrogens with one attached hydrogen (secondary N) is 1. The molecule has 0 radical (unpaired) electrons. The number of likely N-dealkylation sites (N-methyl/N-ethyl adjacent to an activating group) is 1. The summed E-state index contributed by atoms with van der Waals surface area (Å²) in [6, 6.07) is 3.94. The number of nitrogens with zero attached hydrogens (tertiary/aromatic N) is 1. The molecule has 0 amide bonds. The van der Waals surface area contributed by atoms with Crippen LogP contribution < -0.4 is 5.32 Å². The highest BCUT2D eigenvalue weighted by atomic mass is 79.9. The average Bonchev–Trinajstić information content (AvgIpc) is 2.60. The molecule has 1 aliphatic rings. The zero-order valence-corrected chi connectivity index (χ0v) is 14.8. The molecule has 21 heavy (non-hydrogen) atoms. The standard InChI is InChI=1S/C15H22BBrN2O2/c1-14(2)15(3,4)21-16(20-14)11(9-18-5)8-13-7-6-12(17)10-19-13/h6-8,10,18H,9H2,1-5H3. The zero-order chi connectivity index (χ0) is 15.7. The Balaban J connectivity index is 2.26. The summed E-state index contributed by atoms with van der Waals surface area (Å²) in [5.41, 5.74) is 1.25. The second kappa shape index (κ2) is 6.20. The molecule has 1 N–H and O–H groups in total. The summed E-state index contributed by atoms with van der Waals surface area (Å²) in [5, 5.41) is 3.17. The summed E-state index contributed by atoms with van der Waals surface area (Å²) in [6.45, 7) is 8.92. The zero-order valence-electron chi connectivity index (χ0n) is 13.2. The van der Waals surface area contributed by atoms with Gasteiger partial charge in [-0.2, -0.15) is 0 Å². The Bertz CT molecular complexity index is 513. The third-order valence-corrected chi connectivity index (χ3v) is 4.49. The van der Waals surface area contributed by atoms with Crippen LogP contribution in [0, 0.1) is 0 Å². The lowest BCUT2D eigenvalue weighted by Crippen LogP contribution is -2.41. The minimum Gasteiger partial charge on any atom is -0.400 e. The molecule has 1 aromatic rings. The molecule has 0 aliphatic carbocycles. The van der Waals surface area contributed by atoms with E-state index in [0.29, 0.717) is 6.54 Å². The van der Waals surface area contributed by atoms with Gasteiger partial charge in [0, 0.05) is 17.2 Å². The fourth-order valence-electron chi connectivity index (χ4n) is 2.06. The van der Waals surface area contributed by atoms with Crippen molar-refractivity contribution in [3.8, 4) is 0 Å². The third-order valence-electron chi connectivity index (χ3n) is 4.02. The molecule has 0 spiro atoms. The first-order valence-electron chi connectivity index (χ1n) is 7.07. The SMILES string of the molecule is CNCC(=Cc1ccc(Br)cn1)B1OC(C)(C)C(C)(C)O1. The fraction of sp³-hybridized carbons (Fsp3) is 0.533. The summed E-state index contributed by atoms with van der Waals surface area (Å²) in [6.07, 6.45) is 3.80. The highest BCUT2D eigenvalue weighted by molar-refractivity contribution is 9.10. The normalized spacial score (nSPS) is 20.9. The van der Waals surface area contributed by atoms with Crippen LogP contribution in [0.2, 0.25) is 0 Å². The van der Waals surface area contributed by atoms with Crippen LogP contribution in [0.3, 0.4) is 0 Å². The highest BCUT2D eigenvalue weighted by Gasteiger charge is 2.52. The first-order chi connectivity index (χ1) is 9.75. The van der Waals surface area contributed by atoms with Gasteiger partial charge >= 0.3 is 7.12 Å². The van der Waals surface area contributed by atoms with Crippen molar-refractivity contribution in [1.29, 1.82) is 0 Å². The van der Waals surface area contributed by atoms with Gasteiger partial charge in [0.2, 0.25) is 0 Å². The minimum atomic E-state index is -0.354. The number of halogens is 1. The van der Waals surface area contributed by atoms with E-state index in [9.17, 15) is 0 Å². The lowest BCUT2D eigenvalue weighted by Gasteiger charge is -2.32. The van der Waals surface area contributed by atoms with Crippen LogP contribution in [0.1, 0.15) is 33.4 Å². The molecule has 1 fully saturated rings. The van der Waals surface area contributed by atoms with Crippen molar-refractivity contribution in [3.63, 3.8) is 0 Å². The Hall–Kier alpha value is -0.685. The molecule has 1 aromatic heterocycles. The van der Waals surface area contributed by atoms with Gasteiger partial charge in [-0.05, 0) is 74.4 Å². The first kappa shape index (κ1) is 16.7. The second-order valence-corrected chi connectivity index (χ2v) is 7.15. The van der Waals surface area contributed by atoms with E-state index in [-0.39, 0.29) is 18.3 Å². The smallest absolute Gasteiger partial charge is 0.400 e. The van der Waals surface area contributed by atoms with Gasteiger partial charge < -0.3 is 14.6 Å². The maximum absolute atomic E-state index is 6.11.